The second-order valence-corrected chi connectivity index (χ2v) is 4.32. The Labute approximate surface area is 119 Å². The second kappa shape index (κ2) is 6.86. The number of hydrogen-bond acceptors (Lipinski definition) is 5. The van der Waals surface area contributed by atoms with Crippen LogP contribution in [0.5, 0.6) is 17.5 Å². The van der Waals surface area contributed by atoms with Crippen molar-refractivity contribution in [2.24, 2.45) is 0 Å². The van der Waals surface area contributed by atoms with Gasteiger partial charge in [-0.2, -0.15) is 0 Å². The minimum Gasteiger partial charge on any atom is -0.478 e. The molecule has 0 aliphatic carbocycles. The van der Waals surface area contributed by atoms with E-state index < -0.39 is 0 Å². The SMILES string of the molecule is CCOc1ncnc(Oc2cccc(CNC)c2)c1C. The van der Waals surface area contributed by atoms with Crippen molar-refractivity contribution in [3.63, 3.8) is 0 Å². The first-order valence-electron chi connectivity index (χ1n) is 6.60. The summed E-state index contributed by atoms with van der Waals surface area (Å²) in [5.74, 6) is 1.83. The molecule has 0 unspecified atom stereocenters. The first-order chi connectivity index (χ1) is 9.74. The summed E-state index contributed by atoms with van der Waals surface area (Å²) in [6.07, 6.45) is 1.45. The van der Waals surface area contributed by atoms with Gasteiger partial charge in [-0.3, -0.25) is 0 Å². The molecule has 106 valence electrons. The molecule has 5 nitrogen and oxygen atoms in total. The third kappa shape index (κ3) is 3.45. The number of rotatable bonds is 6. The fraction of sp³-hybridized carbons (Fsp3) is 0.333. The Morgan fingerprint density at radius 3 is 2.75 bits per heavy atom. The molecule has 0 fully saturated rings. The Hall–Kier alpha value is -2.14. The van der Waals surface area contributed by atoms with Crippen molar-refractivity contribution in [1.82, 2.24) is 15.3 Å². The molecule has 0 spiro atoms. The van der Waals surface area contributed by atoms with Gasteiger partial charge in [-0.05, 0) is 38.6 Å². The van der Waals surface area contributed by atoms with Crippen LogP contribution in [0.1, 0.15) is 18.1 Å². The van der Waals surface area contributed by atoms with Crippen LogP contribution in [0.25, 0.3) is 0 Å². The second-order valence-electron chi connectivity index (χ2n) is 4.32. The van der Waals surface area contributed by atoms with Crippen molar-refractivity contribution in [3.05, 3.63) is 41.7 Å². The van der Waals surface area contributed by atoms with Gasteiger partial charge >= 0.3 is 0 Å². The van der Waals surface area contributed by atoms with Gasteiger partial charge in [0, 0.05) is 6.54 Å². The monoisotopic (exact) mass is 273 g/mol. The molecule has 1 aromatic heterocycles. The van der Waals surface area contributed by atoms with Crippen LogP contribution >= 0.6 is 0 Å². The Morgan fingerprint density at radius 2 is 2.00 bits per heavy atom. The van der Waals surface area contributed by atoms with Crippen molar-refractivity contribution in [2.75, 3.05) is 13.7 Å². The zero-order valence-corrected chi connectivity index (χ0v) is 12.0. The molecule has 20 heavy (non-hydrogen) atoms. The fourth-order valence-electron chi connectivity index (χ4n) is 1.84. The van der Waals surface area contributed by atoms with Crippen LogP contribution in [0.15, 0.2) is 30.6 Å². The van der Waals surface area contributed by atoms with Crippen LogP contribution in [-0.4, -0.2) is 23.6 Å². The normalized spacial score (nSPS) is 10.3. The summed E-state index contributed by atoms with van der Waals surface area (Å²) in [4.78, 5) is 8.26. The Morgan fingerprint density at radius 1 is 1.20 bits per heavy atom. The van der Waals surface area contributed by atoms with Gasteiger partial charge in [0.1, 0.15) is 12.1 Å². The predicted molar refractivity (Wildman–Crippen MR) is 77.2 cm³/mol. The third-order valence-electron chi connectivity index (χ3n) is 2.77. The highest BCUT2D eigenvalue weighted by molar-refractivity contribution is 5.37. The lowest BCUT2D eigenvalue weighted by atomic mass is 10.2. The standard InChI is InChI=1S/C15H19N3O2/c1-4-19-14-11(2)15(18-10-17-14)20-13-7-5-6-12(8-13)9-16-3/h5-8,10,16H,4,9H2,1-3H3. The molecule has 0 radical (unpaired) electrons. The maximum absolute atomic E-state index is 5.82. The lowest BCUT2D eigenvalue weighted by Crippen LogP contribution is -2.05. The van der Waals surface area contributed by atoms with Gasteiger partial charge < -0.3 is 14.8 Å². The van der Waals surface area contributed by atoms with E-state index in [4.69, 9.17) is 9.47 Å². The first kappa shape index (κ1) is 14.3. The molecular weight excluding hydrogens is 254 g/mol. The molecule has 5 heteroatoms. The average molecular weight is 273 g/mol. The van der Waals surface area contributed by atoms with Crippen LogP contribution in [0.4, 0.5) is 0 Å². The van der Waals surface area contributed by atoms with E-state index in [1.54, 1.807) is 0 Å². The van der Waals surface area contributed by atoms with Crippen LogP contribution in [-0.2, 0) is 6.54 Å². The average Bonchev–Trinajstić information content (AvgIpc) is 2.44. The predicted octanol–water partition coefficient (Wildman–Crippen LogP) is 2.70. The van der Waals surface area contributed by atoms with Crippen LogP contribution in [0.2, 0.25) is 0 Å². The lowest BCUT2D eigenvalue weighted by Gasteiger charge is -2.11. The van der Waals surface area contributed by atoms with Gasteiger partial charge in [0.15, 0.2) is 0 Å². The van der Waals surface area contributed by atoms with E-state index in [1.807, 2.05) is 45.2 Å². The molecule has 0 atom stereocenters. The molecule has 1 heterocycles. The number of nitrogens with one attached hydrogen (secondary N) is 1. The molecule has 2 rings (SSSR count). The molecule has 0 saturated heterocycles. The van der Waals surface area contributed by atoms with Crippen LogP contribution in [0, 0.1) is 6.92 Å². The largest absolute Gasteiger partial charge is 0.478 e. The van der Waals surface area contributed by atoms with Crippen molar-refractivity contribution in [2.45, 2.75) is 20.4 Å². The maximum Gasteiger partial charge on any atom is 0.229 e. The molecule has 0 amide bonds. The van der Waals surface area contributed by atoms with Crippen molar-refractivity contribution < 1.29 is 9.47 Å². The van der Waals surface area contributed by atoms with E-state index in [1.165, 1.54) is 6.33 Å². The van der Waals surface area contributed by atoms with E-state index in [-0.39, 0.29) is 0 Å². The van der Waals surface area contributed by atoms with E-state index in [2.05, 4.69) is 15.3 Å². The van der Waals surface area contributed by atoms with Crippen molar-refractivity contribution >= 4 is 0 Å². The van der Waals surface area contributed by atoms with Gasteiger partial charge in [-0.25, -0.2) is 9.97 Å². The van der Waals surface area contributed by atoms with Gasteiger partial charge in [0.25, 0.3) is 0 Å². The molecule has 1 aromatic carbocycles. The molecule has 0 bridgehead atoms. The summed E-state index contributed by atoms with van der Waals surface area (Å²) in [6.45, 7) is 5.17. The summed E-state index contributed by atoms with van der Waals surface area (Å²) in [7, 11) is 1.91. The zero-order valence-electron chi connectivity index (χ0n) is 12.0. The smallest absolute Gasteiger partial charge is 0.229 e. The van der Waals surface area contributed by atoms with Crippen molar-refractivity contribution in [3.8, 4) is 17.5 Å². The molecule has 1 N–H and O–H groups in total. The van der Waals surface area contributed by atoms with Gasteiger partial charge in [-0.1, -0.05) is 12.1 Å². The minimum atomic E-state index is 0.519. The molecule has 0 saturated carbocycles. The molecule has 2 aromatic rings. The summed E-state index contributed by atoms with van der Waals surface area (Å²) in [5.41, 5.74) is 1.95. The van der Waals surface area contributed by atoms with Crippen molar-refractivity contribution in [1.29, 1.82) is 0 Å². The Balaban J connectivity index is 2.21. The quantitative estimate of drug-likeness (QED) is 0.877. The number of aromatic nitrogens is 2. The highest BCUT2D eigenvalue weighted by Gasteiger charge is 2.10. The first-order valence-corrected chi connectivity index (χ1v) is 6.60. The van der Waals surface area contributed by atoms with E-state index in [0.717, 1.165) is 23.4 Å². The van der Waals surface area contributed by atoms with Crippen LogP contribution in [0.3, 0.4) is 0 Å². The summed E-state index contributed by atoms with van der Waals surface area (Å²) in [6, 6.07) is 7.89. The minimum absolute atomic E-state index is 0.519. The number of ether oxygens (including phenoxy) is 2. The van der Waals surface area contributed by atoms with E-state index >= 15 is 0 Å². The van der Waals surface area contributed by atoms with Gasteiger partial charge in [0.05, 0.1) is 12.2 Å². The third-order valence-corrected chi connectivity index (χ3v) is 2.77. The van der Waals surface area contributed by atoms with E-state index in [0.29, 0.717) is 18.4 Å². The fourth-order valence-corrected chi connectivity index (χ4v) is 1.84. The number of nitrogens with zero attached hydrogens (tertiary/aromatic N) is 2. The number of benzene rings is 1. The summed E-state index contributed by atoms with van der Waals surface area (Å²) >= 11 is 0. The maximum atomic E-state index is 5.82. The van der Waals surface area contributed by atoms with E-state index in [9.17, 15) is 0 Å². The molecular formula is C15H19N3O2. The highest BCUT2D eigenvalue weighted by Crippen LogP contribution is 2.27. The van der Waals surface area contributed by atoms with Crippen LogP contribution < -0.4 is 14.8 Å². The lowest BCUT2D eigenvalue weighted by molar-refractivity contribution is 0.319. The van der Waals surface area contributed by atoms with Gasteiger partial charge in [0.2, 0.25) is 11.8 Å². The number of hydrogen-bond donors (Lipinski definition) is 1. The topological polar surface area (TPSA) is 56.3 Å². The zero-order chi connectivity index (χ0) is 14.4. The van der Waals surface area contributed by atoms with Gasteiger partial charge in [-0.15, -0.1) is 0 Å². The highest BCUT2D eigenvalue weighted by atomic mass is 16.5. The summed E-state index contributed by atoms with van der Waals surface area (Å²) in [5, 5.41) is 3.11. The Bertz CT molecular complexity index is 573. The summed E-state index contributed by atoms with van der Waals surface area (Å²) < 4.78 is 11.3. The molecule has 0 aliphatic rings. The molecule has 0 aliphatic heterocycles. The Kier molecular flexibility index (Phi) is 4.90.